The van der Waals surface area contributed by atoms with Gasteiger partial charge in [-0.15, -0.1) is 0 Å². The second kappa shape index (κ2) is 8.88. The van der Waals surface area contributed by atoms with Crippen LogP contribution in [0.5, 0.6) is 5.75 Å². The van der Waals surface area contributed by atoms with E-state index >= 15 is 0 Å². The van der Waals surface area contributed by atoms with Crippen LogP contribution in [0.1, 0.15) is 45.1 Å². The van der Waals surface area contributed by atoms with Gasteiger partial charge in [0.25, 0.3) is 0 Å². The second-order valence-electron chi connectivity index (χ2n) is 7.19. The van der Waals surface area contributed by atoms with Gasteiger partial charge in [0.05, 0.1) is 7.11 Å². The first-order chi connectivity index (χ1) is 11.9. The first-order valence-electron chi connectivity index (χ1n) is 9.16. The number of carbonyl (C=O) groups is 2. The van der Waals surface area contributed by atoms with Crippen molar-refractivity contribution in [3.8, 4) is 5.75 Å². The number of rotatable bonds is 6. The van der Waals surface area contributed by atoms with Gasteiger partial charge in [0.1, 0.15) is 11.2 Å². The van der Waals surface area contributed by atoms with Crippen molar-refractivity contribution in [1.29, 1.82) is 0 Å². The van der Waals surface area contributed by atoms with E-state index in [2.05, 4.69) is 5.32 Å². The summed E-state index contributed by atoms with van der Waals surface area (Å²) in [6.07, 6.45) is 5.11. The third-order valence-corrected chi connectivity index (χ3v) is 4.85. The maximum absolute atomic E-state index is 12.8. The van der Waals surface area contributed by atoms with Gasteiger partial charge >= 0.3 is 0 Å². The third-order valence-electron chi connectivity index (χ3n) is 4.85. The lowest BCUT2D eigenvalue weighted by atomic mass is 9.90. The van der Waals surface area contributed by atoms with Crippen molar-refractivity contribution < 1.29 is 14.3 Å². The highest BCUT2D eigenvalue weighted by Gasteiger charge is 2.38. The van der Waals surface area contributed by atoms with E-state index < -0.39 is 5.41 Å². The summed E-state index contributed by atoms with van der Waals surface area (Å²) in [6, 6.07) is 7.78. The molecule has 1 N–H and O–H groups in total. The molecule has 1 aliphatic rings. The van der Waals surface area contributed by atoms with Crippen LogP contribution in [0.3, 0.4) is 0 Å². The highest BCUT2D eigenvalue weighted by atomic mass is 16.5. The zero-order valence-corrected chi connectivity index (χ0v) is 15.6. The lowest BCUT2D eigenvalue weighted by Gasteiger charge is -2.30. The van der Waals surface area contributed by atoms with Crippen molar-refractivity contribution >= 4 is 11.8 Å². The molecule has 5 nitrogen and oxygen atoms in total. The fourth-order valence-electron chi connectivity index (χ4n) is 3.10. The van der Waals surface area contributed by atoms with Crippen molar-refractivity contribution in [1.82, 2.24) is 10.2 Å². The van der Waals surface area contributed by atoms with Gasteiger partial charge in [0.15, 0.2) is 0 Å². The van der Waals surface area contributed by atoms with E-state index in [-0.39, 0.29) is 11.8 Å². The van der Waals surface area contributed by atoms with E-state index in [4.69, 9.17) is 4.74 Å². The molecule has 0 radical (unpaired) electrons. The largest absolute Gasteiger partial charge is 0.497 e. The highest BCUT2D eigenvalue weighted by molar-refractivity contribution is 6.04. The minimum absolute atomic E-state index is 0.0589. The van der Waals surface area contributed by atoms with E-state index in [0.29, 0.717) is 6.54 Å². The molecule has 1 aliphatic heterocycles. The van der Waals surface area contributed by atoms with Gasteiger partial charge in [-0.3, -0.25) is 9.59 Å². The van der Waals surface area contributed by atoms with Crippen molar-refractivity contribution in [3.05, 3.63) is 29.8 Å². The Balaban J connectivity index is 1.85. The summed E-state index contributed by atoms with van der Waals surface area (Å²) in [5.74, 6) is 0.559. The number of hydrogen-bond acceptors (Lipinski definition) is 3. The van der Waals surface area contributed by atoms with Crippen molar-refractivity contribution in [2.45, 2.75) is 46.0 Å². The van der Waals surface area contributed by atoms with Gasteiger partial charge in [0, 0.05) is 19.6 Å². The van der Waals surface area contributed by atoms with Gasteiger partial charge in [-0.05, 0) is 50.8 Å². The predicted molar refractivity (Wildman–Crippen MR) is 98.5 cm³/mol. The average molecular weight is 346 g/mol. The standard InChI is InChI=1S/C20H30N2O3/c1-20(2,19(24)22-14-6-4-5-7-15-22)18(23)21-13-12-16-8-10-17(25-3)11-9-16/h8-11H,4-7,12-15H2,1-3H3,(H,21,23). The number of nitrogens with one attached hydrogen (secondary N) is 1. The topological polar surface area (TPSA) is 58.6 Å². The molecule has 0 aromatic heterocycles. The summed E-state index contributed by atoms with van der Waals surface area (Å²) in [6.45, 7) is 5.50. The van der Waals surface area contributed by atoms with Crippen LogP contribution >= 0.6 is 0 Å². The summed E-state index contributed by atoms with van der Waals surface area (Å²) in [7, 11) is 1.64. The lowest BCUT2D eigenvalue weighted by molar-refractivity contribution is -0.148. The van der Waals surface area contributed by atoms with E-state index in [9.17, 15) is 9.59 Å². The zero-order valence-electron chi connectivity index (χ0n) is 15.6. The molecular weight excluding hydrogens is 316 g/mol. The van der Waals surface area contributed by atoms with Gasteiger partial charge in [0.2, 0.25) is 11.8 Å². The fraction of sp³-hybridized carbons (Fsp3) is 0.600. The number of hydrogen-bond donors (Lipinski definition) is 1. The van der Waals surface area contributed by atoms with Gasteiger partial charge in [-0.1, -0.05) is 25.0 Å². The predicted octanol–water partition coefficient (Wildman–Crippen LogP) is 2.78. The summed E-state index contributed by atoms with van der Waals surface area (Å²) in [5, 5.41) is 2.92. The Morgan fingerprint density at radius 1 is 1.08 bits per heavy atom. The third kappa shape index (κ3) is 5.21. The van der Waals surface area contributed by atoms with Crippen LogP contribution in [0, 0.1) is 5.41 Å². The number of benzene rings is 1. The highest BCUT2D eigenvalue weighted by Crippen LogP contribution is 2.22. The maximum atomic E-state index is 12.8. The Kier molecular flexibility index (Phi) is 6.85. The minimum atomic E-state index is -1.02. The zero-order chi connectivity index (χ0) is 18.3. The molecule has 1 aromatic rings. The summed E-state index contributed by atoms with van der Waals surface area (Å²) < 4.78 is 5.14. The molecule has 138 valence electrons. The van der Waals surface area contributed by atoms with E-state index in [0.717, 1.165) is 56.5 Å². The van der Waals surface area contributed by atoms with Crippen molar-refractivity contribution in [2.75, 3.05) is 26.7 Å². The molecule has 2 amide bonds. The molecule has 5 heteroatoms. The van der Waals surface area contributed by atoms with Crippen LogP contribution in [0.25, 0.3) is 0 Å². The maximum Gasteiger partial charge on any atom is 0.237 e. The second-order valence-corrected chi connectivity index (χ2v) is 7.19. The molecular formula is C20H30N2O3. The van der Waals surface area contributed by atoms with Crippen LogP contribution in [0.2, 0.25) is 0 Å². The first-order valence-corrected chi connectivity index (χ1v) is 9.16. The number of carbonyl (C=O) groups excluding carboxylic acids is 2. The fourth-order valence-corrected chi connectivity index (χ4v) is 3.10. The monoisotopic (exact) mass is 346 g/mol. The van der Waals surface area contributed by atoms with E-state index in [1.165, 1.54) is 0 Å². The summed E-state index contributed by atoms with van der Waals surface area (Å²) in [4.78, 5) is 27.2. The molecule has 1 heterocycles. The molecule has 2 rings (SSSR count). The number of amides is 2. The Hall–Kier alpha value is -2.04. The molecule has 1 aromatic carbocycles. The molecule has 0 saturated carbocycles. The number of ether oxygens (including phenoxy) is 1. The molecule has 25 heavy (non-hydrogen) atoms. The molecule has 1 saturated heterocycles. The van der Waals surface area contributed by atoms with E-state index in [1.54, 1.807) is 21.0 Å². The van der Waals surface area contributed by atoms with Crippen LogP contribution in [-0.4, -0.2) is 43.5 Å². The van der Waals surface area contributed by atoms with Gasteiger partial charge in [-0.2, -0.15) is 0 Å². The smallest absolute Gasteiger partial charge is 0.237 e. The Bertz CT molecular complexity index is 573. The summed E-state index contributed by atoms with van der Waals surface area (Å²) in [5.41, 5.74) is 0.0994. The number of nitrogens with zero attached hydrogens (tertiary/aromatic N) is 1. The average Bonchev–Trinajstić information content (AvgIpc) is 2.90. The van der Waals surface area contributed by atoms with Crippen LogP contribution in [0.4, 0.5) is 0 Å². The van der Waals surface area contributed by atoms with Crippen LogP contribution < -0.4 is 10.1 Å². The SMILES string of the molecule is COc1ccc(CCNC(=O)C(C)(C)C(=O)N2CCCCCC2)cc1. The Morgan fingerprint density at radius 2 is 1.68 bits per heavy atom. The molecule has 0 aliphatic carbocycles. The van der Waals surface area contributed by atoms with Crippen molar-refractivity contribution in [3.63, 3.8) is 0 Å². The quantitative estimate of drug-likeness (QED) is 0.806. The minimum Gasteiger partial charge on any atom is -0.497 e. The molecule has 1 fully saturated rings. The van der Waals surface area contributed by atoms with Gasteiger partial charge < -0.3 is 15.0 Å². The lowest BCUT2D eigenvalue weighted by Crippen LogP contribution is -2.50. The van der Waals surface area contributed by atoms with Gasteiger partial charge in [-0.25, -0.2) is 0 Å². The number of methoxy groups -OCH3 is 1. The molecule has 0 spiro atoms. The molecule has 0 bridgehead atoms. The van der Waals surface area contributed by atoms with Crippen LogP contribution in [0.15, 0.2) is 24.3 Å². The Morgan fingerprint density at radius 3 is 2.24 bits per heavy atom. The molecule has 0 unspecified atom stereocenters. The van der Waals surface area contributed by atoms with E-state index in [1.807, 2.05) is 29.2 Å². The first kappa shape index (κ1) is 19.3. The van der Waals surface area contributed by atoms with Crippen LogP contribution in [-0.2, 0) is 16.0 Å². The Labute approximate surface area is 150 Å². The normalized spacial score (nSPS) is 15.4. The molecule has 0 atom stereocenters. The summed E-state index contributed by atoms with van der Waals surface area (Å²) >= 11 is 0. The van der Waals surface area contributed by atoms with Crippen molar-refractivity contribution in [2.24, 2.45) is 5.41 Å². The number of likely N-dealkylation sites (tertiary alicyclic amines) is 1.